The summed E-state index contributed by atoms with van der Waals surface area (Å²) in [6, 6.07) is 0.507. The molecule has 0 amide bonds. The number of aryl methyl sites for hydroxylation is 1. The van der Waals surface area contributed by atoms with Gasteiger partial charge in [-0.05, 0) is 25.7 Å². The SMILES string of the molecule is CCCc1nsc(NC2CCC(OC)C2)n1. The number of nitrogens with zero attached hydrogens (tertiary/aromatic N) is 2. The fourth-order valence-electron chi connectivity index (χ4n) is 2.10. The van der Waals surface area contributed by atoms with E-state index in [9.17, 15) is 0 Å². The summed E-state index contributed by atoms with van der Waals surface area (Å²) in [5, 5.41) is 4.41. The van der Waals surface area contributed by atoms with Crippen molar-refractivity contribution in [3.8, 4) is 0 Å². The number of rotatable bonds is 5. The van der Waals surface area contributed by atoms with Crippen LogP contribution in [0.2, 0.25) is 0 Å². The van der Waals surface area contributed by atoms with Crippen molar-refractivity contribution >= 4 is 16.7 Å². The minimum atomic E-state index is 0.417. The number of aromatic nitrogens is 2. The smallest absolute Gasteiger partial charge is 0.202 e. The van der Waals surface area contributed by atoms with Gasteiger partial charge in [-0.15, -0.1) is 0 Å². The molecule has 0 spiro atoms. The molecule has 0 aromatic carbocycles. The first-order chi connectivity index (χ1) is 7.81. The van der Waals surface area contributed by atoms with Crippen LogP contribution in [-0.4, -0.2) is 28.6 Å². The maximum Gasteiger partial charge on any atom is 0.202 e. The summed E-state index contributed by atoms with van der Waals surface area (Å²) >= 11 is 1.47. The Morgan fingerprint density at radius 3 is 3.06 bits per heavy atom. The van der Waals surface area contributed by atoms with Gasteiger partial charge in [-0.3, -0.25) is 0 Å². The second kappa shape index (κ2) is 5.59. The lowest BCUT2D eigenvalue weighted by Crippen LogP contribution is -2.17. The van der Waals surface area contributed by atoms with Gasteiger partial charge in [-0.1, -0.05) is 6.92 Å². The van der Waals surface area contributed by atoms with Crippen molar-refractivity contribution in [2.24, 2.45) is 0 Å². The average Bonchev–Trinajstić information content (AvgIpc) is 2.89. The lowest BCUT2D eigenvalue weighted by atomic mass is 10.2. The molecule has 0 aliphatic heterocycles. The van der Waals surface area contributed by atoms with E-state index in [-0.39, 0.29) is 0 Å². The van der Waals surface area contributed by atoms with E-state index in [1.165, 1.54) is 18.0 Å². The van der Waals surface area contributed by atoms with Crippen molar-refractivity contribution < 1.29 is 4.74 Å². The van der Waals surface area contributed by atoms with E-state index >= 15 is 0 Å². The van der Waals surface area contributed by atoms with Crippen LogP contribution in [0.4, 0.5) is 5.13 Å². The van der Waals surface area contributed by atoms with Gasteiger partial charge in [0.15, 0.2) is 0 Å². The van der Waals surface area contributed by atoms with Crippen molar-refractivity contribution in [3.05, 3.63) is 5.82 Å². The maximum absolute atomic E-state index is 5.35. The van der Waals surface area contributed by atoms with Crippen molar-refractivity contribution in [2.75, 3.05) is 12.4 Å². The molecule has 1 heterocycles. The molecular formula is C11H19N3OS. The number of hydrogen-bond donors (Lipinski definition) is 1. The third-order valence-electron chi connectivity index (χ3n) is 2.99. The number of nitrogens with one attached hydrogen (secondary N) is 1. The topological polar surface area (TPSA) is 47.0 Å². The molecule has 1 aromatic rings. The molecule has 2 rings (SSSR count). The summed E-state index contributed by atoms with van der Waals surface area (Å²) in [5.41, 5.74) is 0. The Hall–Kier alpha value is -0.680. The first-order valence-corrected chi connectivity index (χ1v) is 6.71. The molecule has 1 aliphatic carbocycles. The summed E-state index contributed by atoms with van der Waals surface area (Å²) in [6.07, 6.45) is 5.89. The molecular weight excluding hydrogens is 222 g/mol. The van der Waals surface area contributed by atoms with Gasteiger partial charge >= 0.3 is 0 Å². The first kappa shape index (κ1) is 11.8. The van der Waals surface area contributed by atoms with Crippen LogP contribution in [0.5, 0.6) is 0 Å². The Morgan fingerprint density at radius 2 is 2.38 bits per heavy atom. The minimum absolute atomic E-state index is 0.417. The van der Waals surface area contributed by atoms with Crippen LogP contribution in [-0.2, 0) is 11.2 Å². The first-order valence-electron chi connectivity index (χ1n) is 5.93. The van der Waals surface area contributed by atoms with Crippen LogP contribution < -0.4 is 5.32 Å². The molecule has 1 aliphatic rings. The molecule has 1 saturated carbocycles. The molecule has 2 atom stereocenters. The molecule has 2 unspecified atom stereocenters. The Morgan fingerprint density at radius 1 is 1.50 bits per heavy atom. The maximum atomic E-state index is 5.35. The summed E-state index contributed by atoms with van der Waals surface area (Å²) in [7, 11) is 1.79. The van der Waals surface area contributed by atoms with Gasteiger partial charge in [0.1, 0.15) is 5.82 Å². The monoisotopic (exact) mass is 241 g/mol. The van der Waals surface area contributed by atoms with Gasteiger partial charge in [-0.2, -0.15) is 4.37 Å². The molecule has 4 nitrogen and oxygen atoms in total. The lowest BCUT2D eigenvalue weighted by Gasteiger charge is -2.10. The standard InChI is InChI=1S/C11H19N3OS/c1-3-4-10-13-11(16-14-10)12-8-5-6-9(7-8)15-2/h8-9H,3-7H2,1-2H3,(H,12,13,14). The zero-order chi connectivity index (χ0) is 11.4. The van der Waals surface area contributed by atoms with Crippen LogP contribution in [0.1, 0.15) is 38.4 Å². The Kier molecular flexibility index (Phi) is 4.12. The Bertz CT molecular complexity index is 329. The van der Waals surface area contributed by atoms with Crippen LogP contribution in [0.25, 0.3) is 0 Å². The van der Waals surface area contributed by atoms with Crippen LogP contribution >= 0.6 is 11.5 Å². The molecule has 5 heteroatoms. The predicted molar refractivity (Wildman–Crippen MR) is 66.0 cm³/mol. The van der Waals surface area contributed by atoms with Crippen molar-refractivity contribution in [2.45, 2.75) is 51.2 Å². The highest BCUT2D eigenvalue weighted by atomic mass is 32.1. The molecule has 1 fully saturated rings. The van der Waals surface area contributed by atoms with Crippen molar-refractivity contribution in [1.82, 2.24) is 9.36 Å². The molecule has 1 N–H and O–H groups in total. The zero-order valence-corrected chi connectivity index (χ0v) is 10.7. The summed E-state index contributed by atoms with van der Waals surface area (Å²) in [4.78, 5) is 4.47. The van der Waals surface area contributed by atoms with E-state index < -0.39 is 0 Å². The number of anilines is 1. The molecule has 0 saturated heterocycles. The lowest BCUT2D eigenvalue weighted by molar-refractivity contribution is 0.108. The van der Waals surface area contributed by atoms with Gasteiger partial charge in [-0.25, -0.2) is 4.98 Å². The van der Waals surface area contributed by atoms with E-state index in [2.05, 4.69) is 21.6 Å². The van der Waals surface area contributed by atoms with Gasteiger partial charge in [0, 0.05) is 31.1 Å². The minimum Gasteiger partial charge on any atom is -0.381 e. The largest absolute Gasteiger partial charge is 0.381 e. The fraction of sp³-hybridized carbons (Fsp3) is 0.818. The molecule has 0 bridgehead atoms. The van der Waals surface area contributed by atoms with Crippen LogP contribution in [0, 0.1) is 0 Å². The van der Waals surface area contributed by atoms with Gasteiger partial charge in [0.25, 0.3) is 0 Å². The van der Waals surface area contributed by atoms with Gasteiger partial charge in [0.2, 0.25) is 5.13 Å². The third-order valence-corrected chi connectivity index (χ3v) is 3.67. The quantitative estimate of drug-likeness (QED) is 0.860. The molecule has 0 radical (unpaired) electrons. The highest BCUT2D eigenvalue weighted by Gasteiger charge is 2.24. The zero-order valence-electron chi connectivity index (χ0n) is 9.90. The molecule has 90 valence electrons. The van der Waals surface area contributed by atoms with Crippen LogP contribution in [0.15, 0.2) is 0 Å². The molecule has 16 heavy (non-hydrogen) atoms. The Balaban J connectivity index is 1.84. The average molecular weight is 241 g/mol. The van der Waals surface area contributed by atoms with Crippen LogP contribution in [0.3, 0.4) is 0 Å². The number of hydrogen-bond acceptors (Lipinski definition) is 5. The molecule has 1 aromatic heterocycles. The third kappa shape index (κ3) is 2.92. The second-order valence-electron chi connectivity index (χ2n) is 4.28. The van der Waals surface area contributed by atoms with Gasteiger partial charge in [0.05, 0.1) is 6.10 Å². The summed E-state index contributed by atoms with van der Waals surface area (Å²) in [5.74, 6) is 0.969. The Labute approximate surface area is 101 Å². The van der Waals surface area contributed by atoms with E-state index in [0.29, 0.717) is 12.1 Å². The van der Waals surface area contributed by atoms with Crippen molar-refractivity contribution in [3.63, 3.8) is 0 Å². The second-order valence-corrected chi connectivity index (χ2v) is 5.03. The van der Waals surface area contributed by atoms with Crippen molar-refractivity contribution in [1.29, 1.82) is 0 Å². The summed E-state index contributed by atoms with van der Waals surface area (Å²) in [6.45, 7) is 2.15. The number of ether oxygens (including phenoxy) is 1. The predicted octanol–water partition coefficient (Wildman–Crippen LogP) is 2.47. The number of methoxy groups -OCH3 is 1. The van der Waals surface area contributed by atoms with E-state index in [1.54, 1.807) is 7.11 Å². The van der Waals surface area contributed by atoms with E-state index in [0.717, 1.165) is 36.6 Å². The van der Waals surface area contributed by atoms with E-state index in [4.69, 9.17) is 4.74 Å². The highest BCUT2D eigenvalue weighted by Crippen LogP contribution is 2.25. The normalized spacial score (nSPS) is 24.9. The fourth-order valence-corrected chi connectivity index (χ4v) is 2.79. The summed E-state index contributed by atoms with van der Waals surface area (Å²) < 4.78 is 9.67. The van der Waals surface area contributed by atoms with Gasteiger partial charge < -0.3 is 10.1 Å². The highest BCUT2D eigenvalue weighted by molar-refractivity contribution is 7.09. The van der Waals surface area contributed by atoms with E-state index in [1.807, 2.05) is 0 Å².